The van der Waals surface area contributed by atoms with Crippen LogP contribution in [0.4, 0.5) is 0 Å². The van der Waals surface area contributed by atoms with Gasteiger partial charge in [-0.25, -0.2) is 0 Å². The molecule has 2 aromatic carbocycles. The molecule has 0 fully saturated rings. The van der Waals surface area contributed by atoms with Crippen LogP contribution in [0.25, 0.3) is 11.1 Å². The van der Waals surface area contributed by atoms with Crippen LogP contribution < -0.4 is 0 Å². The van der Waals surface area contributed by atoms with E-state index in [4.69, 9.17) is 46.4 Å². The third kappa shape index (κ3) is 2.91. The van der Waals surface area contributed by atoms with Crippen molar-refractivity contribution in [2.75, 3.05) is 0 Å². The maximum absolute atomic E-state index is 6.04. The number of rotatable bonds is 1. The van der Waals surface area contributed by atoms with Crippen LogP contribution in [0, 0.1) is 0 Å². The predicted molar refractivity (Wildman–Crippen MR) is 79.6 cm³/mol. The van der Waals surface area contributed by atoms with Crippen molar-refractivity contribution < 1.29 is 0 Å². The lowest BCUT2D eigenvalue weighted by molar-refractivity contribution is 1.59. The molecule has 0 amide bonds. The molecule has 88 valence electrons. The summed E-state index contributed by atoms with van der Waals surface area (Å²) < 4.78 is 0.842. The van der Waals surface area contributed by atoms with Crippen molar-refractivity contribution >= 4 is 62.3 Å². The van der Waals surface area contributed by atoms with E-state index in [2.05, 4.69) is 15.9 Å². The maximum Gasteiger partial charge on any atom is 0.0778 e. The first-order valence-corrected chi connectivity index (χ1v) is 6.89. The third-order valence-corrected chi connectivity index (χ3v) is 4.67. The quantitative estimate of drug-likeness (QED) is 0.488. The maximum atomic E-state index is 6.04. The van der Waals surface area contributed by atoms with Crippen LogP contribution in [0.1, 0.15) is 0 Å². The van der Waals surface area contributed by atoms with Gasteiger partial charge in [0.2, 0.25) is 0 Å². The fraction of sp³-hybridized carbons (Fsp3) is 0. The lowest BCUT2D eigenvalue weighted by atomic mass is 10.1. The molecule has 17 heavy (non-hydrogen) atoms. The van der Waals surface area contributed by atoms with Crippen LogP contribution in [-0.4, -0.2) is 0 Å². The molecule has 0 spiro atoms. The summed E-state index contributed by atoms with van der Waals surface area (Å²) >= 11 is 27.2. The van der Waals surface area contributed by atoms with Crippen molar-refractivity contribution in [2.24, 2.45) is 0 Å². The SMILES string of the molecule is Clc1cc(-c2cc(Cl)c(Cl)c(Cl)c2)ccc1Br. The first-order valence-electron chi connectivity index (χ1n) is 4.59. The average molecular weight is 371 g/mol. The Morgan fingerprint density at radius 2 is 1.24 bits per heavy atom. The van der Waals surface area contributed by atoms with Crippen molar-refractivity contribution in [1.82, 2.24) is 0 Å². The van der Waals surface area contributed by atoms with Crippen LogP contribution in [0.2, 0.25) is 20.1 Å². The Morgan fingerprint density at radius 3 is 1.76 bits per heavy atom. The largest absolute Gasteiger partial charge is 0.0831 e. The molecule has 0 saturated carbocycles. The van der Waals surface area contributed by atoms with E-state index in [1.807, 2.05) is 18.2 Å². The highest BCUT2D eigenvalue weighted by Gasteiger charge is 2.08. The zero-order valence-electron chi connectivity index (χ0n) is 8.28. The summed E-state index contributed by atoms with van der Waals surface area (Å²) in [7, 11) is 0. The molecule has 5 heteroatoms. The number of benzene rings is 2. The molecule has 2 rings (SSSR count). The summed E-state index contributed by atoms with van der Waals surface area (Å²) in [5, 5.41) is 1.84. The molecule has 0 aliphatic carbocycles. The molecule has 0 radical (unpaired) electrons. The smallest absolute Gasteiger partial charge is 0.0778 e. The molecule has 0 bridgehead atoms. The highest BCUT2D eigenvalue weighted by molar-refractivity contribution is 9.10. The highest BCUT2D eigenvalue weighted by Crippen LogP contribution is 2.36. The normalized spacial score (nSPS) is 10.6. The molecule has 0 saturated heterocycles. The van der Waals surface area contributed by atoms with Gasteiger partial charge in [-0.3, -0.25) is 0 Å². The molecule has 0 unspecified atom stereocenters. The number of hydrogen-bond donors (Lipinski definition) is 0. The van der Waals surface area contributed by atoms with E-state index >= 15 is 0 Å². The van der Waals surface area contributed by atoms with Gasteiger partial charge in [0.15, 0.2) is 0 Å². The van der Waals surface area contributed by atoms with Gasteiger partial charge in [-0.1, -0.05) is 52.5 Å². The van der Waals surface area contributed by atoms with Gasteiger partial charge >= 0.3 is 0 Å². The van der Waals surface area contributed by atoms with Crippen LogP contribution in [0.5, 0.6) is 0 Å². The first-order chi connectivity index (χ1) is 7.99. The van der Waals surface area contributed by atoms with Gasteiger partial charge in [-0.05, 0) is 51.3 Å². The molecule has 0 aliphatic heterocycles. The number of halogens is 5. The van der Waals surface area contributed by atoms with E-state index in [9.17, 15) is 0 Å². The molecule has 0 atom stereocenters. The van der Waals surface area contributed by atoms with Gasteiger partial charge in [0, 0.05) is 4.47 Å². The Morgan fingerprint density at radius 1 is 0.706 bits per heavy atom. The second-order valence-electron chi connectivity index (χ2n) is 3.38. The fourth-order valence-electron chi connectivity index (χ4n) is 1.40. The lowest BCUT2D eigenvalue weighted by Gasteiger charge is -2.07. The number of hydrogen-bond acceptors (Lipinski definition) is 0. The van der Waals surface area contributed by atoms with Crippen molar-refractivity contribution in [3.63, 3.8) is 0 Å². The van der Waals surface area contributed by atoms with Crippen LogP contribution >= 0.6 is 62.3 Å². The molecular formula is C12H5BrCl4. The van der Waals surface area contributed by atoms with E-state index in [0.717, 1.165) is 15.6 Å². The van der Waals surface area contributed by atoms with Gasteiger partial charge in [0.1, 0.15) is 0 Å². The Kier molecular flexibility index (Phi) is 4.27. The van der Waals surface area contributed by atoms with Gasteiger partial charge in [0.25, 0.3) is 0 Å². The van der Waals surface area contributed by atoms with E-state index in [1.54, 1.807) is 12.1 Å². The third-order valence-electron chi connectivity index (χ3n) is 2.24. The average Bonchev–Trinajstić information content (AvgIpc) is 2.29. The van der Waals surface area contributed by atoms with E-state index < -0.39 is 0 Å². The minimum absolute atomic E-state index is 0.361. The standard InChI is InChI=1S/C12H5BrCl4/c13-8-2-1-6(3-9(8)14)7-4-10(15)12(17)11(16)5-7/h1-5H. The molecule has 0 N–H and O–H groups in total. The van der Waals surface area contributed by atoms with Crippen LogP contribution in [0.15, 0.2) is 34.8 Å². The van der Waals surface area contributed by atoms with Crippen LogP contribution in [-0.2, 0) is 0 Å². The molecule has 0 aromatic heterocycles. The zero-order valence-corrected chi connectivity index (χ0v) is 12.9. The Bertz CT molecular complexity index is 558. The molecule has 0 nitrogen and oxygen atoms in total. The molecule has 0 heterocycles. The van der Waals surface area contributed by atoms with Crippen molar-refractivity contribution in [1.29, 1.82) is 0 Å². The van der Waals surface area contributed by atoms with Crippen LogP contribution in [0.3, 0.4) is 0 Å². The summed E-state index contributed by atoms with van der Waals surface area (Å²) in [5.74, 6) is 0. The van der Waals surface area contributed by atoms with E-state index in [0.29, 0.717) is 20.1 Å². The van der Waals surface area contributed by atoms with Gasteiger partial charge in [-0.2, -0.15) is 0 Å². The second-order valence-corrected chi connectivity index (χ2v) is 5.84. The van der Waals surface area contributed by atoms with E-state index in [-0.39, 0.29) is 0 Å². The Hall–Kier alpha value is 0.0800. The van der Waals surface area contributed by atoms with Crippen molar-refractivity contribution in [3.8, 4) is 11.1 Å². The summed E-state index contributed by atoms with van der Waals surface area (Å²) in [6, 6.07) is 9.14. The summed E-state index contributed by atoms with van der Waals surface area (Å²) in [6.07, 6.45) is 0. The summed E-state index contributed by atoms with van der Waals surface area (Å²) in [5.41, 5.74) is 1.80. The van der Waals surface area contributed by atoms with Crippen molar-refractivity contribution in [3.05, 3.63) is 54.9 Å². The topological polar surface area (TPSA) is 0 Å². The summed E-state index contributed by atoms with van der Waals surface area (Å²) in [4.78, 5) is 0. The zero-order chi connectivity index (χ0) is 12.6. The van der Waals surface area contributed by atoms with Gasteiger partial charge in [0.05, 0.1) is 20.1 Å². The minimum atomic E-state index is 0.361. The fourth-order valence-corrected chi connectivity index (χ4v) is 2.42. The summed E-state index contributed by atoms with van der Waals surface area (Å²) in [6.45, 7) is 0. The molecular weight excluding hydrogens is 366 g/mol. The van der Waals surface area contributed by atoms with Crippen molar-refractivity contribution in [2.45, 2.75) is 0 Å². The Balaban J connectivity index is 2.57. The molecule has 2 aromatic rings. The molecule has 0 aliphatic rings. The second kappa shape index (κ2) is 5.38. The monoisotopic (exact) mass is 368 g/mol. The van der Waals surface area contributed by atoms with Gasteiger partial charge < -0.3 is 0 Å². The van der Waals surface area contributed by atoms with E-state index in [1.165, 1.54) is 0 Å². The first kappa shape index (κ1) is 13.5. The highest BCUT2D eigenvalue weighted by atomic mass is 79.9. The predicted octanol–water partition coefficient (Wildman–Crippen LogP) is 6.73. The minimum Gasteiger partial charge on any atom is -0.0831 e. The lowest BCUT2D eigenvalue weighted by Crippen LogP contribution is -1.81. The van der Waals surface area contributed by atoms with Gasteiger partial charge in [-0.15, -0.1) is 0 Å². The Labute approximate surface area is 128 Å².